The summed E-state index contributed by atoms with van der Waals surface area (Å²) in [5.41, 5.74) is 5.36. The van der Waals surface area contributed by atoms with Crippen LogP contribution in [-0.2, 0) is 4.79 Å². The Bertz CT molecular complexity index is 1550. The van der Waals surface area contributed by atoms with Crippen LogP contribution in [-0.4, -0.2) is 48.7 Å². The molecule has 1 aliphatic heterocycles. The number of carbonyl (C=O) groups excluding carboxylic acids is 2. The third-order valence-electron chi connectivity index (χ3n) is 7.39. The number of fused-ring (bicyclic) bond motifs is 3. The lowest BCUT2D eigenvalue weighted by Gasteiger charge is -2.39. The van der Waals surface area contributed by atoms with Gasteiger partial charge in [0.15, 0.2) is 0 Å². The minimum absolute atomic E-state index is 0.0817. The van der Waals surface area contributed by atoms with E-state index in [0.29, 0.717) is 23.7 Å². The van der Waals surface area contributed by atoms with Gasteiger partial charge in [-0.05, 0) is 55.3 Å². The number of aryl methyl sites for hydroxylation is 1. The molecule has 1 aliphatic rings. The molecule has 1 atom stereocenters. The van der Waals surface area contributed by atoms with E-state index in [9.17, 15) is 9.59 Å². The molecule has 5 rings (SSSR count). The van der Waals surface area contributed by atoms with Crippen LogP contribution in [0.4, 0.5) is 16.2 Å². The van der Waals surface area contributed by atoms with Crippen molar-refractivity contribution in [3.05, 3.63) is 102 Å². The second-order valence-corrected chi connectivity index (χ2v) is 10.1. The Balaban J connectivity index is 1.49. The molecule has 2 heterocycles. The standard InChI is InChI=1S/C33H36N4O4/c1-5-6-18-35(33(39)34-26-17-16-25(40-3)21-30(26)41-4)22-31(38)37-28-14-8-7-13-27(28)36-19-10-15-29(36)32(37)24-12-9-11-23(2)20-24/h7-17,19-21,32H,5-6,18,22H2,1-4H3,(H,34,39). The number of urea groups is 1. The van der Waals surface area contributed by atoms with Gasteiger partial charge in [-0.1, -0.05) is 55.3 Å². The van der Waals surface area contributed by atoms with Crippen molar-refractivity contribution in [3.63, 3.8) is 0 Å². The van der Waals surface area contributed by atoms with Gasteiger partial charge in [-0.25, -0.2) is 4.79 Å². The highest BCUT2D eigenvalue weighted by Gasteiger charge is 2.37. The van der Waals surface area contributed by atoms with Gasteiger partial charge < -0.3 is 24.3 Å². The summed E-state index contributed by atoms with van der Waals surface area (Å²) in [7, 11) is 3.11. The summed E-state index contributed by atoms with van der Waals surface area (Å²) < 4.78 is 12.9. The zero-order chi connectivity index (χ0) is 28.9. The number of benzene rings is 3. The fraction of sp³-hybridized carbons (Fsp3) is 0.273. The number of anilines is 2. The molecular formula is C33H36N4O4. The molecule has 3 amide bonds. The summed E-state index contributed by atoms with van der Waals surface area (Å²) in [5, 5.41) is 2.94. The van der Waals surface area contributed by atoms with Crippen LogP contribution < -0.4 is 19.7 Å². The van der Waals surface area contributed by atoms with Crippen molar-refractivity contribution in [1.29, 1.82) is 0 Å². The molecule has 8 nitrogen and oxygen atoms in total. The average Bonchev–Trinajstić information content (AvgIpc) is 3.48. The van der Waals surface area contributed by atoms with Gasteiger partial charge in [0.1, 0.15) is 24.1 Å². The topological polar surface area (TPSA) is 76.0 Å². The predicted octanol–water partition coefficient (Wildman–Crippen LogP) is 6.57. The van der Waals surface area contributed by atoms with Crippen LogP contribution in [0.2, 0.25) is 0 Å². The van der Waals surface area contributed by atoms with Gasteiger partial charge in [0.25, 0.3) is 0 Å². The highest BCUT2D eigenvalue weighted by Crippen LogP contribution is 2.42. The smallest absolute Gasteiger partial charge is 0.322 e. The van der Waals surface area contributed by atoms with Crippen LogP contribution in [0.15, 0.2) is 85.1 Å². The Morgan fingerprint density at radius 3 is 2.46 bits per heavy atom. The number of hydrogen-bond donors (Lipinski definition) is 1. The van der Waals surface area contributed by atoms with Gasteiger partial charge in [-0.15, -0.1) is 0 Å². The Kier molecular flexibility index (Phi) is 8.29. The number of ether oxygens (including phenoxy) is 2. The van der Waals surface area contributed by atoms with Gasteiger partial charge in [-0.3, -0.25) is 9.69 Å². The van der Waals surface area contributed by atoms with Crippen LogP contribution in [0, 0.1) is 6.92 Å². The van der Waals surface area contributed by atoms with Crippen molar-refractivity contribution in [2.45, 2.75) is 32.7 Å². The maximum Gasteiger partial charge on any atom is 0.322 e. The maximum atomic E-state index is 14.4. The third kappa shape index (κ3) is 5.63. The van der Waals surface area contributed by atoms with Crippen molar-refractivity contribution in [3.8, 4) is 17.2 Å². The first kappa shape index (κ1) is 27.8. The summed E-state index contributed by atoms with van der Waals surface area (Å²) in [6.07, 6.45) is 3.68. The van der Waals surface area contributed by atoms with E-state index in [1.54, 1.807) is 30.2 Å². The van der Waals surface area contributed by atoms with Crippen LogP contribution >= 0.6 is 0 Å². The van der Waals surface area contributed by atoms with Crippen molar-refractivity contribution in [1.82, 2.24) is 9.47 Å². The maximum absolute atomic E-state index is 14.4. The van der Waals surface area contributed by atoms with E-state index in [-0.39, 0.29) is 24.5 Å². The molecule has 4 aromatic rings. The molecule has 0 fully saturated rings. The van der Waals surface area contributed by atoms with Gasteiger partial charge in [0.05, 0.1) is 37.0 Å². The number of nitrogens with zero attached hydrogens (tertiary/aromatic N) is 3. The summed E-state index contributed by atoms with van der Waals surface area (Å²) in [4.78, 5) is 31.4. The van der Waals surface area contributed by atoms with Crippen molar-refractivity contribution in [2.75, 3.05) is 37.5 Å². The number of hydrogen-bond acceptors (Lipinski definition) is 4. The van der Waals surface area contributed by atoms with Gasteiger partial charge in [0, 0.05) is 18.8 Å². The number of rotatable bonds is 9. The van der Waals surface area contributed by atoms with Crippen molar-refractivity contribution in [2.24, 2.45) is 0 Å². The van der Waals surface area contributed by atoms with E-state index >= 15 is 0 Å². The molecule has 0 saturated heterocycles. The van der Waals surface area contributed by atoms with Crippen LogP contribution in [0.3, 0.4) is 0 Å². The Hall–Kier alpha value is -4.72. The first-order chi connectivity index (χ1) is 19.9. The second-order valence-electron chi connectivity index (χ2n) is 10.1. The highest BCUT2D eigenvalue weighted by atomic mass is 16.5. The molecule has 0 radical (unpaired) electrons. The van der Waals surface area contributed by atoms with E-state index in [4.69, 9.17) is 9.47 Å². The number of amides is 3. The molecular weight excluding hydrogens is 516 g/mol. The van der Waals surface area contributed by atoms with Gasteiger partial charge in [0.2, 0.25) is 5.91 Å². The van der Waals surface area contributed by atoms with E-state index in [1.165, 1.54) is 7.11 Å². The molecule has 8 heteroatoms. The first-order valence-corrected chi connectivity index (χ1v) is 13.9. The predicted molar refractivity (Wildman–Crippen MR) is 161 cm³/mol. The fourth-order valence-corrected chi connectivity index (χ4v) is 5.35. The lowest BCUT2D eigenvalue weighted by atomic mass is 9.96. The normalized spacial score (nSPS) is 13.7. The number of unbranched alkanes of at least 4 members (excludes halogenated alkanes) is 1. The van der Waals surface area contributed by atoms with E-state index in [1.807, 2.05) is 47.5 Å². The Labute approximate surface area is 241 Å². The van der Waals surface area contributed by atoms with E-state index < -0.39 is 0 Å². The number of carbonyl (C=O) groups is 2. The minimum Gasteiger partial charge on any atom is -0.497 e. The molecule has 41 heavy (non-hydrogen) atoms. The zero-order valence-corrected chi connectivity index (χ0v) is 24.0. The Morgan fingerprint density at radius 2 is 1.73 bits per heavy atom. The quantitative estimate of drug-likeness (QED) is 0.255. The SMILES string of the molecule is CCCCN(CC(=O)N1c2ccccc2-n2cccc2C1c1cccc(C)c1)C(=O)Nc1ccc(OC)cc1OC. The number of para-hydroxylation sites is 2. The van der Waals surface area contributed by atoms with Crippen LogP contribution in [0.25, 0.3) is 5.69 Å². The lowest BCUT2D eigenvalue weighted by molar-refractivity contribution is -0.119. The average molecular weight is 553 g/mol. The molecule has 3 aromatic carbocycles. The molecule has 1 N–H and O–H groups in total. The largest absolute Gasteiger partial charge is 0.497 e. The van der Waals surface area contributed by atoms with Crippen LogP contribution in [0.1, 0.15) is 42.6 Å². The second kappa shape index (κ2) is 12.2. The van der Waals surface area contributed by atoms with Crippen molar-refractivity contribution < 1.29 is 19.1 Å². The fourth-order valence-electron chi connectivity index (χ4n) is 5.35. The molecule has 1 aromatic heterocycles. The summed E-state index contributed by atoms with van der Waals surface area (Å²) in [6, 6.07) is 24.7. The van der Waals surface area contributed by atoms with Crippen molar-refractivity contribution >= 4 is 23.3 Å². The zero-order valence-electron chi connectivity index (χ0n) is 24.0. The molecule has 0 spiro atoms. The van der Waals surface area contributed by atoms with E-state index in [2.05, 4.69) is 48.0 Å². The highest BCUT2D eigenvalue weighted by molar-refractivity contribution is 6.01. The molecule has 0 aliphatic carbocycles. The Morgan fingerprint density at radius 1 is 0.927 bits per heavy atom. The minimum atomic E-state index is -0.365. The van der Waals surface area contributed by atoms with Gasteiger partial charge >= 0.3 is 6.03 Å². The molecule has 212 valence electrons. The first-order valence-electron chi connectivity index (χ1n) is 13.9. The molecule has 1 unspecified atom stereocenters. The third-order valence-corrected chi connectivity index (χ3v) is 7.39. The number of methoxy groups -OCH3 is 2. The number of nitrogens with one attached hydrogen (secondary N) is 1. The monoisotopic (exact) mass is 552 g/mol. The summed E-state index contributed by atoms with van der Waals surface area (Å²) in [6.45, 7) is 4.47. The number of aromatic nitrogens is 1. The summed E-state index contributed by atoms with van der Waals surface area (Å²) >= 11 is 0. The molecule has 0 bridgehead atoms. The van der Waals surface area contributed by atoms with Gasteiger partial charge in [-0.2, -0.15) is 0 Å². The summed E-state index contributed by atoms with van der Waals surface area (Å²) in [5.74, 6) is 0.933. The molecule has 0 saturated carbocycles. The van der Waals surface area contributed by atoms with E-state index in [0.717, 1.165) is 41.0 Å². The van der Waals surface area contributed by atoms with Crippen LogP contribution in [0.5, 0.6) is 11.5 Å². The lowest BCUT2D eigenvalue weighted by Crippen LogP contribution is -2.48.